The monoisotopic (exact) mass is 246 g/mol. The highest BCUT2D eigenvalue weighted by Gasteiger charge is 2.22. The lowest BCUT2D eigenvalue weighted by Crippen LogP contribution is -2.44. The van der Waals surface area contributed by atoms with Gasteiger partial charge in [0.25, 0.3) is 0 Å². The topological polar surface area (TPSA) is 45.6 Å². The first-order valence-electron chi connectivity index (χ1n) is 4.99. The van der Waals surface area contributed by atoms with Crippen LogP contribution in [-0.4, -0.2) is 42.5 Å². The Morgan fingerprint density at radius 2 is 2.50 bits per heavy atom. The van der Waals surface area contributed by atoms with Crippen molar-refractivity contribution in [2.24, 2.45) is 0 Å². The molecule has 1 saturated heterocycles. The molecule has 88 valence electrons. The van der Waals surface area contributed by atoms with Crippen molar-refractivity contribution >= 4 is 17.4 Å². The predicted molar refractivity (Wildman–Crippen MR) is 58.2 cm³/mol. The van der Waals surface area contributed by atoms with Gasteiger partial charge in [-0.2, -0.15) is 0 Å². The number of hydrogen-bond donors (Lipinski definition) is 1. The molecule has 0 bridgehead atoms. The Hall–Kier alpha value is -0.910. The van der Waals surface area contributed by atoms with E-state index in [1.807, 2.05) is 0 Å². The quantitative estimate of drug-likeness (QED) is 0.848. The van der Waals surface area contributed by atoms with Crippen molar-refractivity contribution in [3.05, 3.63) is 23.1 Å². The number of aromatic nitrogens is 1. The number of aliphatic hydroxyl groups is 1. The zero-order valence-electron chi connectivity index (χ0n) is 8.57. The molecule has 1 fully saturated rings. The summed E-state index contributed by atoms with van der Waals surface area (Å²) in [6.45, 7) is 1.37. The number of anilines is 1. The number of ether oxygens (including phenoxy) is 1. The van der Waals surface area contributed by atoms with Crippen LogP contribution in [0.2, 0.25) is 5.02 Å². The molecule has 0 aromatic carbocycles. The fraction of sp³-hybridized carbons (Fsp3) is 0.500. The largest absolute Gasteiger partial charge is 0.394 e. The zero-order chi connectivity index (χ0) is 11.5. The summed E-state index contributed by atoms with van der Waals surface area (Å²) in [5, 5.41) is 9.25. The first-order chi connectivity index (χ1) is 7.70. The second kappa shape index (κ2) is 4.95. The van der Waals surface area contributed by atoms with Gasteiger partial charge in [-0.3, -0.25) is 0 Å². The maximum atomic E-state index is 13.6. The molecule has 1 aliphatic heterocycles. The van der Waals surface area contributed by atoms with E-state index in [4.69, 9.17) is 21.4 Å². The number of hydrogen-bond acceptors (Lipinski definition) is 4. The molecule has 0 spiro atoms. The molecular formula is C10H12ClFN2O2. The highest BCUT2D eigenvalue weighted by atomic mass is 35.5. The fourth-order valence-corrected chi connectivity index (χ4v) is 1.81. The smallest absolute Gasteiger partial charge is 0.167 e. The van der Waals surface area contributed by atoms with Gasteiger partial charge >= 0.3 is 0 Å². The number of pyridine rings is 1. The summed E-state index contributed by atoms with van der Waals surface area (Å²) in [6.07, 6.45) is 1.12. The first kappa shape index (κ1) is 11.6. The lowest BCUT2D eigenvalue weighted by atomic mass is 10.2. The Balaban J connectivity index is 2.16. The number of halogens is 2. The van der Waals surface area contributed by atoms with Crippen LogP contribution in [-0.2, 0) is 4.74 Å². The van der Waals surface area contributed by atoms with E-state index < -0.39 is 5.82 Å². The van der Waals surface area contributed by atoms with E-state index >= 15 is 0 Å². The average Bonchev–Trinajstić information content (AvgIpc) is 2.29. The molecule has 1 aliphatic rings. The molecule has 0 radical (unpaired) electrons. The SMILES string of the molecule is OCC1CN(c2ncc(Cl)cc2F)CCO1. The fourth-order valence-electron chi connectivity index (χ4n) is 1.66. The molecule has 1 unspecified atom stereocenters. The molecule has 6 heteroatoms. The van der Waals surface area contributed by atoms with Crippen molar-refractivity contribution in [1.29, 1.82) is 0 Å². The zero-order valence-corrected chi connectivity index (χ0v) is 9.32. The number of aliphatic hydroxyl groups excluding tert-OH is 1. The van der Waals surface area contributed by atoms with Crippen molar-refractivity contribution in [2.45, 2.75) is 6.10 Å². The van der Waals surface area contributed by atoms with Crippen LogP contribution >= 0.6 is 11.6 Å². The minimum absolute atomic E-state index is 0.0777. The molecule has 1 atom stereocenters. The lowest BCUT2D eigenvalue weighted by molar-refractivity contribution is 0.00319. The van der Waals surface area contributed by atoms with Crippen LogP contribution in [0.15, 0.2) is 12.3 Å². The van der Waals surface area contributed by atoms with Crippen molar-refractivity contribution < 1.29 is 14.2 Å². The van der Waals surface area contributed by atoms with E-state index in [0.29, 0.717) is 19.7 Å². The second-order valence-electron chi connectivity index (χ2n) is 3.58. The Morgan fingerprint density at radius 3 is 3.19 bits per heavy atom. The molecular weight excluding hydrogens is 235 g/mol. The van der Waals surface area contributed by atoms with Gasteiger partial charge in [0.1, 0.15) is 0 Å². The van der Waals surface area contributed by atoms with Gasteiger partial charge < -0.3 is 14.7 Å². The molecule has 2 rings (SSSR count). The minimum atomic E-state index is -0.453. The van der Waals surface area contributed by atoms with E-state index in [0.717, 1.165) is 0 Å². The predicted octanol–water partition coefficient (Wildman–Crippen LogP) is 1.07. The van der Waals surface area contributed by atoms with Crippen LogP contribution in [0, 0.1) is 5.82 Å². The maximum absolute atomic E-state index is 13.6. The summed E-state index contributed by atoms with van der Waals surface area (Å²) in [4.78, 5) is 5.70. The van der Waals surface area contributed by atoms with Crippen molar-refractivity contribution in [2.75, 3.05) is 31.2 Å². The van der Waals surface area contributed by atoms with Crippen molar-refractivity contribution in [1.82, 2.24) is 4.98 Å². The Morgan fingerprint density at radius 1 is 1.69 bits per heavy atom. The van der Waals surface area contributed by atoms with Gasteiger partial charge in [0.15, 0.2) is 11.6 Å². The summed E-state index contributed by atoms with van der Waals surface area (Å²) >= 11 is 5.63. The van der Waals surface area contributed by atoms with E-state index in [2.05, 4.69) is 4.98 Å². The molecule has 2 heterocycles. The second-order valence-corrected chi connectivity index (χ2v) is 4.02. The van der Waals surface area contributed by atoms with Crippen LogP contribution < -0.4 is 4.90 Å². The van der Waals surface area contributed by atoms with Crippen LogP contribution in [0.3, 0.4) is 0 Å². The Kier molecular flexibility index (Phi) is 3.58. The van der Waals surface area contributed by atoms with Gasteiger partial charge in [-0.05, 0) is 6.07 Å². The number of morpholine rings is 1. The maximum Gasteiger partial charge on any atom is 0.167 e. The molecule has 0 saturated carbocycles. The average molecular weight is 247 g/mol. The van der Waals surface area contributed by atoms with Crippen LogP contribution in [0.1, 0.15) is 0 Å². The van der Waals surface area contributed by atoms with Crippen LogP contribution in [0.5, 0.6) is 0 Å². The van der Waals surface area contributed by atoms with Gasteiger partial charge in [0.2, 0.25) is 0 Å². The lowest BCUT2D eigenvalue weighted by Gasteiger charge is -2.32. The number of nitrogens with zero attached hydrogens (tertiary/aromatic N) is 2. The third kappa shape index (κ3) is 2.42. The van der Waals surface area contributed by atoms with Crippen molar-refractivity contribution in [3.63, 3.8) is 0 Å². The van der Waals surface area contributed by atoms with Crippen LogP contribution in [0.4, 0.5) is 10.2 Å². The molecule has 4 nitrogen and oxygen atoms in total. The van der Waals surface area contributed by atoms with E-state index in [-0.39, 0.29) is 23.6 Å². The molecule has 1 aromatic heterocycles. The van der Waals surface area contributed by atoms with E-state index in [1.54, 1.807) is 4.90 Å². The summed E-state index contributed by atoms with van der Waals surface area (Å²) < 4.78 is 18.8. The first-order valence-corrected chi connectivity index (χ1v) is 5.37. The molecule has 1 aromatic rings. The standard InChI is InChI=1S/C10H12ClFN2O2/c11-7-3-9(12)10(13-4-7)14-1-2-16-8(5-14)6-15/h3-4,8,15H,1-2,5-6H2. The molecule has 0 aliphatic carbocycles. The third-order valence-electron chi connectivity index (χ3n) is 2.43. The molecule has 1 N–H and O–H groups in total. The van der Waals surface area contributed by atoms with Crippen molar-refractivity contribution in [3.8, 4) is 0 Å². The molecule has 0 amide bonds. The van der Waals surface area contributed by atoms with Gasteiger partial charge in [-0.25, -0.2) is 9.37 Å². The van der Waals surface area contributed by atoms with Gasteiger partial charge in [-0.15, -0.1) is 0 Å². The van der Waals surface area contributed by atoms with Gasteiger partial charge in [0, 0.05) is 19.3 Å². The summed E-state index contributed by atoms with van der Waals surface area (Å²) in [6, 6.07) is 1.23. The summed E-state index contributed by atoms with van der Waals surface area (Å²) in [5.41, 5.74) is 0. The van der Waals surface area contributed by atoms with Gasteiger partial charge in [0.05, 0.1) is 24.3 Å². The summed E-state index contributed by atoms with van der Waals surface area (Å²) in [5.74, 6) is -0.197. The number of rotatable bonds is 2. The Bertz CT molecular complexity index is 378. The van der Waals surface area contributed by atoms with Crippen LogP contribution in [0.25, 0.3) is 0 Å². The van der Waals surface area contributed by atoms with E-state index in [1.165, 1.54) is 12.3 Å². The Labute approximate surface area is 97.6 Å². The summed E-state index contributed by atoms with van der Waals surface area (Å²) in [7, 11) is 0. The normalized spacial score (nSPS) is 21.2. The van der Waals surface area contributed by atoms with Gasteiger partial charge in [-0.1, -0.05) is 11.6 Å². The third-order valence-corrected chi connectivity index (χ3v) is 2.64. The molecule has 16 heavy (non-hydrogen) atoms. The minimum Gasteiger partial charge on any atom is -0.394 e. The highest BCUT2D eigenvalue weighted by Crippen LogP contribution is 2.21. The highest BCUT2D eigenvalue weighted by molar-refractivity contribution is 6.30. The van der Waals surface area contributed by atoms with E-state index in [9.17, 15) is 4.39 Å².